The van der Waals surface area contributed by atoms with Crippen LogP contribution in [0.25, 0.3) is 10.8 Å². The maximum Gasteiger partial charge on any atom is 0.412 e. The van der Waals surface area contributed by atoms with Crippen molar-refractivity contribution in [1.82, 2.24) is 5.48 Å². The zero-order valence-electron chi connectivity index (χ0n) is 16.7. The van der Waals surface area contributed by atoms with E-state index in [1.807, 2.05) is 36.4 Å². The molecule has 0 saturated heterocycles. The van der Waals surface area contributed by atoms with E-state index in [1.54, 1.807) is 18.2 Å². The van der Waals surface area contributed by atoms with Crippen LogP contribution in [-0.4, -0.2) is 29.4 Å². The van der Waals surface area contributed by atoms with Crippen LogP contribution in [0.1, 0.15) is 18.1 Å². The number of hydrogen-bond acceptors (Lipinski definition) is 6. The number of fused-ring (bicyclic) bond motifs is 1. The lowest BCUT2D eigenvalue weighted by Gasteiger charge is -2.18. The average molecular weight is 422 g/mol. The van der Waals surface area contributed by atoms with Crippen molar-refractivity contribution in [3.8, 4) is 11.5 Å². The molecule has 0 aromatic heterocycles. The van der Waals surface area contributed by atoms with Crippen LogP contribution < -0.4 is 15.5 Å². The lowest BCUT2D eigenvalue weighted by molar-refractivity contribution is -0.124. The van der Waals surface area contributed by atoms with Gasteiger partial charge in [0.1, 0.15) is 6.10 Å². The van der Waals surface area contributed by atoms with E-state index in [1.165, 1.54) is 24.7 Å². The predicted octanol–water partition coefficient (Wildman–Crippen LogP) is 4.30. The van der Waals surface area contributed by atoms with Crippen molar-refractivity contribution in [2.45, 2.75) is 12.5 Å². The van der Waals surface area contributed by atoms with Crippen LogP contribution in [0.3, 0.4) is 0 Å². The Morgan fingerprint density at radius 1 is 1.10 bits per heavy atom. The number of hydrogen-bond donors (Lipinski definition) is 4. The number of nitrogens with one attached hydrogen (secondary N) is 2. The topological polar surface area (TPSA) is 117 Å². The molecule has 3 aromatic carbocycles. The van der Waals surface area contributed by atoms with E-state index < -0.39 is 18.1 Å². The molecule has 31 heavy (non-hydrogen) atoms. The van der Waals surface area contributed by atoms with Crippen molar-refractivity contribution >= 4 is 28.5 Å². The van der Waals surface area contributed by atoms with Gasteiger partial charge in [0.05, 0.1) is 12.8 Å². The van der Waals surface area contributed by atoms with Crippen LogP contribution in [0.4, 0.5) is 10.5 Å². The van der Waals surface area contributed by atoms with E-state index in [0.717, 1.165) is 16.8 Å². The maximum atomic E-state index is 12.6. The number of methoxy groups -OCH3 is 1. The number of benzene rings is 3. The molecule has 4 N–H and O–H groups in total. The van der Waals surface area contributed by atoms with Crippen molar-refractivity contribution in [2.75, 3.05) is 12.4 Å². The lowest BCUT2D eigenvalue weighted by Crippen LogP contribution is -2.18. The predicted molar refractivity (Wildman–Crippen MR) is 115 cm³/mol. The van der Waals surface area contributed by atoms with Gasteiger partial charge < -0.3 is 14.6 Å². The number of ether oxygens (including phenoxy) is 2. The van der Waals surface area contributed by atoms with E-state index in [2.05, 4.69) is 5.32 Å². The smallest absolute Gasteiger partial charge is 0.412 e. The average Bonchev–Trinajstić information content (AvgIpc) is 2.78. The highest BCUT2D eigenvalue weighted by atomic mass is 16.6. The summed E-state index contributed by atoms with van der Waals surface area (Å²) in [6, 6.07) is 17.8. The number of carbonyl (C=O) groups is 2. The van der Waals surface area contributed by atoms with Crippen molar-refractivity contribution in [2.24, 2.45) is 0 Å². The fraction of sp³-hybridized carbons (Fsp3) is 0.130. The van der Waals surface area contributed by atoms with Gasteiger partial charge in [0, 0.05) is 17.9 Å². The highest BCUT2D eigenvalue weighted by Crippen LogP contribution is 2.32. The number of phenols is 1. The molecule has 1 atom stereocenters. The van der Waals surface area contributed by atoms with Crippen LogP contribution in [-0.2, 0) is 9.53 Å². The third-order valence-corrected chi connectivity index (χ3v) is 4.58. The van der Waals surface area contributed by atoms with Crippen molar-refractivity contribution in [3.63, 3.8) is 0 Å². The van der Waals surface area contributed by atoms with E-state index in [0.29, 0.717) is 11.3 Å². The van der Waals surface area contributed by atoms with Gasteiger partial charge in [-0.15, -0.1) is 0 Å². The van der Waals surface area contributed by atoms with Gasteiger partial charge in [-0.1, -0.05) is 48.5 Å². The largest absolute Gasteiger partial charge is 0.504 e. The Balaban J connectivity index is 1.81. The van der Waals surface area contributed by atoms with E-state index in [9.17, 15) is 14.7 Å². The summed E-state index contributed by atoms with van der Waals surface area (Å²) in [6.45, 7) is 0. The van der Waals surface area contributed by atoms with Gasteiger partial charge in [0.2, 0.25) is 0 Å². The van der Waals surface area contributed by atoms with Gasteiger partial charge in [-0.25, -0.2) is 10.3 Å². The second-order valence-electron chi connectivity index (χ2n) is 6.59. The number of hydroxylamine groups is 1. The molecule has 0 heterocycles. The van der Waals surface area contributed by atoms with Crippen molar-refractivity contribution in [3.05, 3.63) is 78.4 Å². The first kappa shape index (κ1) is 21.7. The first-order valence-electron chi connectivity index (χ1n) is 9.44. The molecule has 8 nitrogen and oxygen atoms in total. The molecule has 0 saturated carbocycles. The second kappa shape index (κ2) is 10.1. The zero-order chi connectivity index (χ0) is 22.2. The fourth-order valence-electron chi connectivity index (χ4n) is 3.10. The highest BCUT2D eigenvalue weighted by Gasteiger charge is 2.18. The minimum Gasteiger partial charge on any atom is -0.504 e. The number of carbonyl (C=O) groups excluding carboxylic acids is 2. The summed E-state index contributed by atoms with van der Waals surface area (Å²) in [5, 5.41) is 23.3. The molecule has 2 amide bonds. The third kappa shape index (κ3) is 5.52. The van der Waals surface area contributed by atoms with Crippen LogP contribution in [0.15, 0.2) is 72.8 Å². The number of aromatic hydroxyl groups is 1. The maximum absolute atomic E-state index is 12.6. The van der Waals surface area contributed by atoms with Crippen molar-refractivity contribution < 1.29 is 29.4 Å². The molecule has 8 heteroatoms. The number of anilines is 1. The SMILES string of the molecule is COc1ccc([C@H](C/C=C/C(=O)NO)OC(=O)Nc2cccc3ccccc23)cc1O. The first-order valence-corrected chi connectivity index (χ1v) is 9.44. The molecule has 0 aliphatic rings. The van der Waals surface area contributed by atoms with Crippen LogP contribution >= 0.6 is 0 Å². The Hall–Kier alpha value is -4.04. The summed E-state index contributed by atoms with van der Waals surface area (Å²) in [7, 11) is 1.43. The summed E-state index contributed by atoms with van der Waals surface area (Å²) in [4.78, 5) is 23.9. The summed E-state index contributed by atoms with van der Waals surface area (Å²) >= 11 is 0. The molecule has 3 aromatic rings. The van der Waals surface area contributed by atoms with E-state index in [-0.39, 0.29) is 17.9 Å². The molecule has 0 bridgehead atoms. The van der Waals surface area contributed by atoms with Gasteiger partial charge >= 0.3 is 6.09 Å². The summed E-state index contributed by atoms with van der Waals surface area (Å²) in [5.74, 6) is -0.547. The normalized spacial score (nSPS) is 11.8. The Morgan fingerprint density at radius 2 is 1.87 bits per heavy atom. The summed E-state index contributed by atoms with van der Waals surface area (Å²) in [6.07, 6.45) is 1.18. The number of amides is 2. The summed E-state index contributed by atoms with van der Waals surface area (Å²) in [5.41, 5.74) is 2.58. The first-order chi connectivity index (χ1) is 15.0. The van der Waals surface area contributed by atoms with Gasteiger partial charge in [0.25, 0.3) is 5.91 Å². The van der Waals surface area contributed by atoms with E-state index >= 15 is 0 Å². The minimum atomic E-state index is -0.811. The molecule has 160 valence electrons. The molecule has 0 aliphatic heterocycles. The monoisotopic (exact) mass is 422 g/mol. The Morgan fingerprint density at radius 3 is 2.61 bits per heavy atom. The molecular weight excluding hydrogens is 400 g/mol. The third-order valence-electron chi connectivity index (χ3n) is 4.58. The van der Waals surface area contributed by atoms with Gasteiger partial charge in [0.15, 0.2) is 11.5 Å². The molecule has 3 rings (SSSR count). The number of phenolic OH excluding ortho intramolecular Hbond substituents is 1. The second-order valence-corrected chi connectivity index (χ2v) is 6.59. The fourth-order valence-corrected chi connectivity index (χ4v) is 3.10. The van der Waals surface area contributed by atoms with Crippen LogP contribution in [0, 0.1) is 0 Å². The van der Waals surface area contributed by atoms with E-state index in [4.69, 9.17) is 14.7 Å². The van der Waals surface area contributed by atoms with Gasteiger partial charge in [-0.2, -0.15) is 0 Å². The molecule has 0 fully saturated rings. The molecule has 0 aliphatic carbocycles. The van der Waals surface area contributed by atoms with Gasteiger partial charge in [-0.3, -0.25) is 15.3 Å². The highest BCUT2D eigenvalue weighted by molar-refractivity contribution is 6.00. The number of rotatable bonds is 7. The van der Waals surface area contributed by atoms with Crippen LogP contribution in [0.5, 0.6) is 11.5 Å². The lowest BCUT2D eigenvalue weighted by atomic mass is 10.1. The van der Waals surface area contributed by atoms with Crippen molar-refractivity contribution in [1.29, 1.82) is 0 Å². The zero-order valence-corrected chi connectivity index (χ0v) is 16.7. The molecule has 0 radical (unpaired) electrons. The Labute approximate surface area is 178 Å². The summed E-state index contributed by atoms with van der Waals surface area (Å²) < 4.78 is 10.6. The quantitative estimate of drug-likeness (QED) is 0.256. The molecule has 0 unspecified atom stereocenters. The molecule has 0 spiro atoms. The Bertz CT molecular complexity index is 1110. The Kier molecular flexibility index (Phi) is 7.08. The minimum absolute atomic E-state index is 0.111. The standard InChI is InChI=1S/C23H22N2O6/c1-30-21-13-12-16(14-19(21)26)20(10-5-11-22(27)25-29)31-23(28)24-18-9-4-7-15-6-2-3-8-17(15)18/h2-9,11-14,20,26,29H,10H2,1H3,(H,24,28)(H,25,27)/b11-5+/t20-/m0/s1. The van der Waals surface area contributed by atoms with Crippen LogP contribution in [0.2, 0.25) is 0 Å². The van der Waals surface area contributed by atoms with Gasteiger partial charge in [-0.05, 0) is 29.1 Å². The molecular formula is C23H22N2O6.